The summed E-state index contributed by atoms with van der Waals surface area (Å²) in [5.41, 5.74) is 0. The van der Waals surface area contributed by atoms with Crippen LogP contribution in [0.2, 0.25) is 0 Å². The normalized spacial score (nSPS) is 33.0. The maximum atomic E-state index is 12.4. The molecule has 1 fully saturated rings. The summed E-state index contributed by atoms with van der Waals surface area (Å²) in [6.07, 6.45) is -0.788. The van der Waals surface area contributed by atoms with Gasteiger partial charge in [0.25, 0.3) is 0 Å². The van der Waals surface area contributed by atoms with Crippen LogP contribution in [0.4, 0.5) is 4.39 Å². The van der Waals surface area contributed by atoms with Crippen molar-refractivity contribution in [2.75, 3.05) is 19.6 Å². The van der Waals surface area contributed by atoms with Crippen molar-refractivity contribution in [1.82, 2.24) is 8.43 Å². The van der Waals surface area contributed by atoms with Crippen molar-refractivity contribution in [3.05, 3.63) is 0 Å². The van der Waals surface area contributed by atoms with Gasteiger partial charge in [-0.15, -0.1) is 0 Å². The van der Waals surface area contributed by atoms with Crippen LogP contribution in [0.3, 0.4) is 0 Å². The molecular formula is C4H8FIN2. The molecule has 0 aliphatic carbocycles. The first-order valence-electron chi connectivity index (χ1n) is 2.58. The van der Waals surface area contributed by atoms with E-state index in [0.717, 1.165) is 13.1 Å². The van der Waals surface area contributed by atoms with Crippen LogP contribution in [0.15, 0.2) is 0 Å². The number of nitrogens with one attached hydrogen (secondary N) is 1. The summed E-state index contributed by atoms with van der Waals surface area (Å²) in [5.74, 6) is 0. The molecule has 1 heterocycles. The van der Waals surface area contributed by atoms with Crippen molar-refractivity contribution >= 4 is 22.9 Å². The fraction of sp³-hybridized carbons (Fsp3) is 1.00. The zero-order valence-electron chi connectivity index (χ0n) is 4.40. The number of alkyl halides is 1. The first-order chi connectivity index (χ1) is 3.80. The number of piperazine rings is 1. The number of nitrogens with zero attached hydrogens (tertiary/aromatic N) is 1. The van der Waals surface area contributed by atoms with Crippen LogP contribution < -0.4 is 5.32 Å². The van der Waals surface area contributed by atoms with E-state index < -0.39 is 6.30 Å². The van der Waals surface area contributed by atoms with E-state index in [4.69, 9.17) is 0 Å². The van der Waals surface area contributed by atoms with Gasteiger partial charge in [-0.1, -0.05) is 0 Å². The molecule has 0 amide bonds. The molecular weight excluding hydrogens is 222 g/mol. The summed E-state index contributed by atoms with van der Waals surface area (Å²) in [5, 5.41) is 2.94. The molecule has 1 rings (SSSR count). The highest BCUT2D eigenvalue weighted by atomic mass is 127. The Morgan fingerprint density at radius 2 is 2.50 bits per heavy atom. The van der Waals surface area contributed by atoms with Crippen molar-refractivity contribution in [3.8, 4) is 0 Å². The molecule has 1 atom stereocenters. The predicted octanol–water partition coefficient (Wildman–Crippen LogP) is 0.537. The van der Waals surface area contributed by atoms with E-state index in [9.17, 15) is 4.39 Å². The molecule has 0 saturated carbocycles. The van der Waals surface area contributed by atoms with Crippen molar-refractivity contribution in [3.63, 3.8) is 0 Å². The molecule has 1 N–H and O–H groups in total. The highest BCUT2D eigenvalue weighted by Gasteiger charge is 2.17. The Balaban J connectivity index is 2.28. The third-order valence-electron chi connectivity index (χ3n) is 1.12. The van der Waals surface area contributed by atoms with E-state index in [1.807, 2.05) is 22.9 Å². The average molecular weight is 230 g/mol. The molecule has 1 unspecified atom stereocenters. The number of hydrogen-bond acceptors (Lipinski definition) is 2. The second-order valence-corrected chi connectivity index (χ2v) is 3.00. The van der Waals surface area contributed by atoms with Crippen molar-refractivity contribution < 1.29 is 4.39 Å². The van der Waals surface area contributed by atoms with Crippen LogP contribution in [0, 0.1) is 0 Å². The molecule has 48 valence electrons. The van der Waals surface area contributed by atoms with E-state index in [1.165, 1.54) is 0 Å². The molecule has 0 radical (unpaired) electrons. The molecule has 0 aromatic heterocycles. The molecule has 1 aliphatic heterocycles. The Labute approximate surface area is 61.9 Å². The van der Waals surface area contributed by atoms with Crippen LogP contribution in [-0.4, -0.2) is 29.0 Å². The Hall–Kier alpha value is 0.580. The molecule has 0 aromatic carbocycles. The number of halogens is 2. The summed E-state index contributed by atoms with van der Waals surface area (Å²) < 4.78 is 14.1. The highest BCUT2D eigenvalue weighted by molar-refractivity contribution is 14.1. The molecule has 0 spiro atoms. The van der Waals surface area contributed by atoms with Gasteiger partial charge in [-0.3, -0.25) is 0 Å². The van der Waals surface area contributed by atoms with Gasteiger partial charge in [-0.25, -0.2) is 7.50 Å². The van der Waals surface area contributed by atoms with Gasteiger partial charge in [-0.2, -0.15) is 0 Å². The molecule has 1 saturated heterocycles. The third kappa shape index (κ3) is 1.53. The van der Waals surface area contributed by atoms with Gasteiger partial charge in [0.2, 0.25) is 0 Å². The average Bonchev–Trinajstić information content (AvgIpc) is 1.77. The molecule has 0 bridgehead atoms. The van der Waals surface area contributed by atoms with Gasteiger partial charge in [-0.05, 0) is 0 Å². The van der Waals surface area contributed by atoms with Crippen molar-refractivity contribution in [1.29, 1.82) is 0 Å². The smallest absolute Gasteiger partial charge is 0.174 e. The van der Waals surface area contributed by atoms with Gasteiger partial charge in [0.05, 0.1) is 0 Å². The molecule has 8 heavy (non-hydrogen) atoms. The Morgan fingerprint density at radius 1 is 1.75 bits per heavy atom. The van der Waals surface area contributed by atoms with Crippen LogP contribution in [-0.2, 0) is 0 Å². The predicted molar refractivity (Wildman–Crippen MR) is 38.5 cm³/mol. The SMILES string of the molecule is FC1CNCCN1I. The minimum absolute atomic E-state index is 0.475. The Morgan fingerprint density at radius 3 is 2.88 bits per heavy atom. The Kier molecular flexibility index (Phi) is 2.45. The van der Waals surface area contributed by atoms with Gasteiger partial charge in [0, 0.05) is 42.5 Å². The second-order valence-electron chi connectivity index (χ2n) is 1.76. The molecule has 0 aromatic rings. The third-order valence-corrected chi connectivity index (χ3v) is 2.21. The topological polar surface area (TPSA) is 15.3 Å². The van der Waals surface area contributed by atoms with Gasteiger partial charge < -0.3 is 5.32 Å². The molecule has 1 aliphatic rings. The minimum atomic E-state index is -0.788. The van der Waals surface area contributed by atoms with Crippen LogP contribution >= 0.6 is 22.9 Å². The van der Waals surface area contributed by atoms with Crippen LogP contribution in [0.1, 0.15) is 0 Å². The zero-order chi connectivity index (χ0) is 5.98. The van der Waals surface area contributed by atoms with Gasteiger partial charge in [0.15, 0.2) is 6.30 Å². The van der Waals surface area contributed by atoms with E-state index in [0.29, 0.717) is 6.54 Å². The van der Waals surface area contributed by atoms with E-state index >= 15 is 0 Å². The van der Waals surface area contributed by atoms with Gasteiger partial charge in [0.1, 0.15) is 0 Å². The standard InChI is InChI=1S/C4H8FIN2/c5-4-3-7-1-2-8(4)6/h4,7H,1-3H2. The lowest BCUT2D eigenvalue weighted by Gasteiger charge is -2.24. The second kappa shape index (κ2) is 2.93. The van der Waals surface area contributed by atoms with Crippen molar-refractivity contribution in [2.24, 2.45) is 0 Å². The number of hydrogen-bond donors (Lipinski definition) is 1. The van der Waals surface area contributed by atoms with Crippen LogP contribution in [0.5, 0.6) is 0 Å². The summed E-state index contributed by atoms with van der Waals surface area (Å²) in [6, 6.07) is 0. The summed E-state index contributed by atoms with van der Waals surface area (Å²) in [6.45, 7) is 2.19. The summed E-state index contributed by atoms with van der Waals surface area (Å²) in [4.78, 5) is 0. The van der Waals surface area contributed by atoms with E-state index in [2.05, 4.69) is 5.32 Å². The van der Waals surface area contributed by atoms with E-state index in [-0.39, 0.29) is 0 Å². The monoisotopic (exact) mass is 230 g/mol. The minimum Gasteiger partial charge on any atom is -0.311 e. The van der Waals surface area contributed by atoms with Crippen LogP contribution in [0.25, 0.3) is 0 Å². The van der Waals surface area contributed by atoms with Gasteiger partial charge >= 0.3 is 0 Å². The molecule has 2 nitrogen and oxygen atoms in total. The fourth-order valence-electron chi connectivity index (χ4n) is 0.646. The maximum Gasteiger partial charge on any atom is 0.174 e. The lowest BCUT2D eigenvalue weighted by Crippen LogP contribution is -2.43. The largest absolute Gasteiger partial charge is 0.311 e. The summed E-state index contributed by atoms with van der Waals surface area (Å²) in [7, 11) is 0. The zero-order valence-corrected chi connectivity index (χ0v) is 6.56. The first-order valence-corrected chi connectivity index (χ1v) is 3.54. The number of rotatable bonds is 0. The quantitative estimate of drug-likeness (QED) is 0.371. The summed E-state index contributed by atoms with van der Waals surface area (Å²) >= 11 is 2.00. The fourth-order valence-corrected chi connectivity index (χ4v) is 1.08. The lowest BCUT2D eigenvalue weighted by molar-refractivity contribution is 0.164. The van der Waals surface area contributed by atoms with E-state index in [1.54, 1.807) is 3.11 Å². The molecule has 4 heteroatoms. The Bertz CT molecular complexity index is 70.4. The van der Waals surface area contributed by atoms with Crippen molar-refractivity contribution in [2.45, 2.75) is 6.30 Å². The maximum absolute atomic E-state index is 12.4. The lowest BCUT2D eigenvalue weighted by atomic mass is 10.4. The first kappa shape index (κ1) is 6.70. The highest BCUT2D eigenvalue weighted by Crippen LogP contribution is 2.08.